The first-order chi connectivity index (χ1) is 8.85. The SMILES string of the molecule is CCCCCCC(CCCCC)CCCCCO. The molecular formula is C17H36O. The van der Waals surface area contributed by atoms with Crippen LogP contribution in [0.5, 0.6) is 0 Å². The summed E-state index contributed by atoms with van der Waals surface area (Å²) >= 11 is 0. The molecule has 18 heavy (non-hydrogen) atoms. The molecule has 0 aromatic heterocycles. The summed E-state index contributed by atoms with van der Waals surface area (Å²) in [5, 5.41) is 8.81. The lowest BCUT2D eigenvalue weighted by Crippen LogP contribution is -2.01. The van der Waals surface area contributed by atoms with E-state index >= 15 is 0 Å². The van der Waals surface area contributed by atoms with Crippen LogP contribution in [0.25, 0.3) is 0 Å². The molecule has 0 radical (unpaired) electrons. The van der Waals surface area contributed by atoms with Gasteiger partial charge in [0.05, 0.1) is 0 Å². The van der Waals surface area contributed by atoms with Gasteiger partial charge in [-0.1, -0.05) is 90.9 Å². The Morgan fingerprint density at radius 2 is 1.06 bits per heavy atom. The molecule has 0 aromatic rings. The van der Waals surface area contributed by atoms with Gasteiger partial charge in [0.2, 0.25) is 0 Å². The molecule has 0 aliphatic rings. The third-order valence-corrected chi connectivity index (χ3v) is 3.95. The van der Waals surface area contributed by atoms with Crippen LogP contribution in [0.3, 0.4) is 0 Å². The maximum Gasteiger partial charge on any atom is 0.0431 e. The molecule has 1 N–H and O–H groups in total. The smallest absolute Gasteiger partial charge is 0.0431 e. The Morgan fingerprint density at radius 3 is 1.56 bits per heavy atom. The molecule has 0 aliphatic carbocycles. The van der Waals surface area contributed by atoms with E-state index in [0.717, 1.165) is 12.3 Å². The molecule has 0 saturated heterocycles. The van der Waals surface area contributed by atoms with Crippen LogP contribution in [-0.4, -0.2) is 11.7 Å². The van der Waals surface area contributed by atoms with Crippen molar-refractivity contribution >= 4 is 0 Å². The van der Waals surface area contributed by atoms with Crippen LogP contribution in [0.15, 0.2) is 0 Å². The van der Waals surface area contributed by atoms with Crippen molar-refractivity contribution in [2.24, 2.45) is 5.92 Å². The van der Waals surface area contributed by atoms with Crippen LogP contribution >= 0.6 is 0 Å². The van der Waals surface area contributed by atoms with Gasteiger partial charge >= 0.3 is 0 Å². The lowest BCUT2D eigenvalue weighted by Gasteiger charge is -2.16. The van der Waals surface area contributed by atoms with E-state index in [1.807, 2.05) is 0 Å². The highest BCUT2D eigenvalue weighted by Gasteiger charge is 2.08. The van der Waals surface area contributed by atoms with Gasteiger partial charge in [0.1, 0.15) is 0 Å². The van der Waals surface area contributed by atoms with Crippen LogP contribution in [0, 0.1) is 5.92 Å². The molecule has 0 rings (SSSR count). The van der Waals surface area contributed by atoms with E-state index in [-0.39, 0.29) is 0 Å². The molecule has 0 fully saturated rings. The van der Waals surface area contributed by atoms with Gasteiger partial charge in [-0.15, -0.1) is 0 Å². The molecule has 0 heterocycles. The maximum atomic E-state index is 8.81. The highest BCUT2D eigenvalue weighted by atomic mass is 16.2. The van der Waals surface area contributed by atoms with Gasteiger partial charge in [-0.05, 0) is 12.3 Å². The monoisotopic (exact) mass is 256 g/mol. The summed E-state index contributed by atoms with van der Waals surface area (Å²) in [4.78, 5) is 0. The molecule has 1 atom stereocenters. The summed E-state index contributed by atoms with van der Waals surface area (Å²) in [5.41, 5.74) is 0. The molecule has 1 heteroatoms. The summed E-state index contributed by atoms with van der Waals surface area (Å²) in [5.74, 6) is 0.965. The Hall–Kier alpha value is -0.0400. The second kappa shape index (κ2) is 15.0. The van der Waals surface area contributed by atoms with Crippen LogP contribution < -0.4 is 0 Å². The highest BCUT2D eigenvalue weighted by Crippen LogP contribution is 2.23. The van der Waals surface area contributed by atoms with Crippen molar-refractivity contribution in [2.45, 2.75) is 97.3 Å². The first kappa shape index (κ1) is 18.0. The first-order valence-electron chi connectivity index (χ1n) is 8.46. The number of rotatable bonds is 14. The first-order valence-corrected chi connectivity index (χ1v) is 8.46. The predicted octanol–water partition coefficient (Wildman–Crippen LogP) is 5.71. The second-order valence-electron chi connectivity index (χ2n) is 5.78. The van der Waals surface area contributed by atoms with Gasteiger partial charge < -0.3 is 5.11 Å². The van der Waals surface area contributed by atoms with E-state index in [9.17, 15) is 0 Å². The van der Waals surface area contributed by atoms with Crippen LogP contribution in [-0.2, 0) is 0 Å². The zero-order valence-corrected chi connectivity index (χ0v) is 12.9. The van der Waals surface area contributed by atoms with Crippen LogP contribution in [0.4, 0.5) is 0 Å². The Balaban J connectivity index is 3.62. The fraction of sp³-hybridized carbons (Fsp3) is 1.00. The Morgan fingerprint density at radius 1 is 0.611 bits per heavy atom. The molecule has 110 valence electrons. The molecule has 1 nitrogen and oxygen atoms in total. The number of hydrogen-bond donors (Lipinski definition) is 1. The van der Waals surface area contributed by atoms with Gasteiger partial charge in [0.15, 0.2) is 0 Å². The van der Waals surface area contributed by atoms with Gasteiger partial charge in [-0.3, -0.25) is 0 Å². The van der Waals surface area contributed by atoms with E-state index in [2.05, 4.69) is 13.8 Å². The predicted molar refractivity (Wildman–Crippen MR) is 81.9 cm³/mol. The lowest BCUT2D eigenvalue weighted by atomic mass is 9.90. The Bertz CT molecular complexity index is 133. The van der Waals surface area contributed by atoms with E-state index in [1.54, 1.807) is 0 Å². The molecule has 0 aliphatic heterocycles. The number of hydrogen-bond acceptors (Lipinski definition) is 1. The number of aliphatic hydroxyl groups excluding tert-OH is 1. The third-order valence-electron chi connectivity index (χ3n) is 3.95. The second-order valence-corrected chi connectivity index (χ2v) is 5.78. The molecule has 1 unspecified atom stereocenters. The molecule has 0 spiro atoms. The number of unbranched alkanes of at least 4 members (excludes halogenated alkanes) is 7. The van der Waals surface area contributed by atoms with Gasteiger partial charge in [-0.25, -0.2) is 0 Å². The summed E-state index contributed by atoms with van der Waals surface area (Å²) < 4.78 is 0. The van der Waals surface area contributed by atoms with Crippen molar-refractivity contribution in [1.29, 1.82) is 0 Å². The Labute approximate surface area is 115 Å². The molecule has 0 aromatic carbocycles. The summed E-state index contributed by atoms with van der Waals surface area (Å²) in [6.45, 7) is 4.95. The highest BCUT2D eigenvalue weighted by molar-refractivity contribution is 4.61. The fourth-order valence-corrected chi connectivity index (χ4v) is 2.70. The molecular weight excluding hydrogens is 220 g/mol. The average Bonchev–Trinajstić information content (AvgIpc) is 2.39. The minimum Gasteiger partial charge on any atom is -0.396 e. The van der Waals surface area contributed by atoms with Crippen molar-refractivity contribution in [1.82, 2.24) is 0 Å². The zero-order valence-electron chi connectivity index (χ0n) is 12.9. The van der Waals surface area contributed by atoms with E-state index < -0.39 is 0 Å². The van der Waals surface area contributed by atoms with Crippen molar-refractivity contribution in [3.63, 3.8) is 0 Å². The van der Waals surface area contributed by atoms with Crippen molar-refractivity contribution in [2.75, 3.05) is 6.61 Å². The van der Waals surface area contributed by atoms with E-state index in [1.165, 1.54) is 77.0 Å². The van der Waals surface area contributed by atoms with Crippen molar-refractivity contribution < 1.29 is 5.11 Å². The van der Waals surface area contributed by atoms with Gasteiger partial charge in [0.25, 0.3) is 0 Å². The average molecular weight is 256 g/mol. The van der Waals surface area contributed by atoms with Gasteiger partial charge in [0, 0.05) is 6.61 Å². The quantitative estimate of drug-likeness (QED) is 0.395. The van der Waals surface area contributed by atoms with Crippen LogP contribution in [0.2, 0.25) is 0 Å². The summed E-state index contributed by atoms with van der Waals surface area (Å²) in [6.07, 6.45) is 17.6. The normalized spacial score (nSPS) is 12.8. The van der Waals surface area contributed by atoms with Crippen LogP contribution in [0.1, 0.15) is 97.3 Å². The molecule has 0 saturated carbocycles. The fourth-order valence-electron chi connectivity index (χ4n) is 2.70. The van der Waals surface area contributed by atoms with E-state index in [4.69, 9.17) is 5.11 Å². The standard InChI is InChI=1S/C17H36O/c1-3-5-7-10-14-17(13-9-6-4-2)15-11-8-12-16-18/h17-18H,3-16H2,1-2H3. The largest absolute Gasteiger partial charge is 0.396 e. The maximum absolute atomic E-state index is 8.81. The van der Waals surface area contributed by atoms with Crippen molar-refractivity contribution in [3.05, 3.63) is 0 Å². The minimum absolute atomic E-state index is 0.372. The minimum atomic E-state index is 0.372. The van der Waals surface area contributed by atoms with E-state index in [0.29, 0.717) is 6.61 Å². The summed E-state index contributed by atoms with van der Waals surface area (Å²) in [6, 6.07) is 0. The Kier molecular flexibility index (Phi) is 15.0. The summed E-state index contributed by atoms with van der Waals surface area (Å²) in [7, 11) is 0. The topological polar surface area (TPSA) is 20.2 Å². The molecule has 0 amide bonds. The number of aliphatic hydroxyl groups is 1. The molecule has 0 bridgehead atoms. The third kappa shape index (κ3) is 12.4. The van der Waals surface area contributed by atoms with Gasteiger partial charge in [-0.2, -0.15) is 0 Å². The van der Waals surface area contributed by atoms with Crippen molar-refractivity contribution in [3.8, 4) is 0 Å². The lowest BCUT2D eigenvalue weighted by molar-refractivity contribution is 0.278. The zero-order chi connectivity index (χ0) is 13.5.